The van der Waals surface area contributed by atoms with Crippen molar-refractivity contribution >= 4 is 17.1 Å². The number of rotatable bonds is 6. The summed E-state index contributed by atoms with van der Waals surface area (Å²) in [6.07, 6.45) is 4.31. The fourth-order valence-corrected chi connectivity index (χ4v) is 3.38. The Labute approximate surface area is 142 Å². The van der Waals surface area contributed by atoms with Gasteiger partial charge >= 0.3 is 6.03 Å². The number of carbonyl (C=O) groups excluding carboxylic acids is 1. The molecule has 0 saturated heterocycles. The van der Waals surface area contributed by atoms with E-state index >= 15 is 0 Å². The van der Waals surface area contributed by atoms with Gasteiger partial charge in [-0.1, -0.05) is 18.6 Å². The van der Waals surface area contributed by atoms with Gasteiger partial charge in [0.15, 0.2) is 0 Å². The molecule has 0 aliphatic heterocycles. The van der Waals surface area contributed by atoms with E-state index in [-0.39, 0.29) is 18.1 Å². The summed E-state index contributed by atoms with van der Waals surface area (Å²) < 4.78 is 0. The molecule has 0 radical (unpaired) electrons. The van der Waals surface area contributed by atoms with E-state index in [1.54, 1.807) is 11.9 Å². The molecule has 1 aromatic carbocycles. The Bertz CT molecular complexity index is 651. The van der Waals surface area contributed by atoms with Gasteiger partial charge in [-0.2, -0.15) is 0 Å². The second-order valence-electron chi connectivity index (χ2n) is 6.67. The van der Waals surface area contributed by atoms with Crippen molar-refractivity contribution in [3.05, 3.63) is 30.1 Å². The van der Waals surface area contributed by atoms with E-state index in [1.165, 1.54) is 0 Å². The highest BCUT2D eigenvalue weighted by Gasteiger charge is 2.27. The van der Waals surface area contributed by atoms with Gasteiger partial charge in [-0.05, 0) is 31.4 Å². The van der Waals surface area contributed by atoms with E-state index in [0.29, 0.717) is 13.1 Å². The molecule has 1 saturated carbocycles. The summed E-state index contributed by atoms with van der Waals surface area (Å²) in [6, 6.07) is 7.90. The lowest BCUT2D eigenvalue weighted by Crippen LogP contribution is -2.41. The van der Waals surface area contributed by atoms with Gasteiger partial charge in [0.05, 0.1) is 17.1 Å². The molecule has 1 fully saturated rings. The third-order valence-electron chi connectivity index (χ3n) is 4.78. The maximum atomic E-state index is 12.1. The normalized spacial score (nSPS) is 20.4. The fourth-order valence-electron chi connectivity index (χ4n) is 3.38. The van der Waals surface area contributed by atoms with E-state index < -0.39 is 0 Å². The van der Waals surface area contributed by atoms with Crippen molar-refractivity contribution in [3.8, 4) is 0 Å². The fraction of sp³-hybridized carbons (Fsp3) is 0.556. The zero-order valence-electron chi connectivity index (χ0n) is 14.2. The summed E-state index contributed by atoms with van der Waals surface area (Å²) in [6.45, 7) is 1.24. The Morgan fingerprint density at radius 3 is 3.00 bits per heavy atom. The number of para-hydroxylation sites is 2. The van der Waals surface area contributed by atoms with Crippen LogP contribution in [-0.4, -0.2) is 52.2 Å². The van der Waals surface area contributed by atoms with E-state index in [9.17, 15) is 9.90 Å². The molecular weight excluding hydrogens is 304 g/mol. The first kappa shape index (κ1) is 16.8. The molecule has 3 N–H and O–H groups in total. The minimum absolute atomic E-state index is 0.0706. The second-order valence-corrected chi connectivity index (χ2v) is 6.67. The number of nitrogens with zero attached hydrogens (tertiary/aromatic N) is 2. The van der Waals surface area contributed by atoms with Gasteiger partial charge in [-0.25, -0.2) is 9.78 Å². The summed E-state index contributed by atoms with van der Waals surface area (Å²) in [5, 5.41) is 12.8. The highest BCUT2D eigenvalue weighted by molar-refractivity contribution is 5.75. The molecule has 6 heteroatoms. The molecule has 1 aliphatic rings. The Kier molecular flexibility index (Phi) is 5.35. The SMILES string of the molecule is CN(C[C@H]1CCC[C@@H]1O)C(=O)NCCCc1nc2ccccc2[nH]1. The number of benzene rings is 1. The van der Waals surface area contributed by atoms with Gasteiger partial charge in [0, 0.05) is 32.5 Å². The topological polar surface area (TPSA) is 81.2 Å². The van der Waals surface area contributed by atoms with Gasteiger partial charge in [0.1, 0.15) is 5.82 Å². The van der Waals surface area contributed by atoms with Crippen LogP contribution in [0.15, 0.2) is 24.3 Å². The Hall–Kier alpha value is -2.08. The number of hydrogen-bond acceptors (Lipinski definition) is 3. The Balaban J connectivity index is 1.38. The lowest BCUT2D eigenvalue weighted by atomic mass is 10.1. The first-order valence-corrected chi connectivity index (χ1v) is 8.74. The van der Waals surface area contributed by atoms with Crippen LogP contribution in [0, 0.1) is 5.92 Å². The Morgan fingerprint density at radius 2 is 2.25 bits per heavy atom. The molecule has 2 aromatic rings. The molecule has 1 aromatic heterocycles. The highest BCUT2D eigenvalue weighted by Crippen LogP contribution is 2.25. The number of imidazole rings is 1. The molecule has 0 unspecified atom stereocenters. The molecule has 2 atom stereocenters. The van der Waals surface area contributed by atoms with Crippen molar-refractivity contribution in [2.75, 3.05) is 20.1 Å². The zero-order valence-corrected chi connectivity index (χ0v) is 14.2. The van der Waals surface area contributed by atoms with Gasteiger partial charge in [-0.3, -0.25) is 0 Å². The van der Waals surface area contributed by atoms with Crippen LogP contribution in [-0.2, 0) is 6.42 Å². The molecule has 2 amide bonds. The number of amides is 2. The molecule has 1 aliphatic carbocycles. The minimum atomic E-state index is -0.256. The van der Waals surface area contributed by atoms with Crippen LogP contribution in [0.3, 0.4) is 0 Å². The third-order valence-corrected chi connectivity index (χ3v) is 4.78. The van der Waals surface area contributed by atoms with Crippen molar-refractivity contribution in [1.29, 1.82) is 0 Å². The lowest BCUT2D eigenvalue weighted by molar-refractivity contribution is 0.114. The predicted octanol–water partition coefficient (Wildman–Crippen LogP) is 2.30. The number of aliphatic hydroxyl groups excluding tert-OH is 1. The van der Waals surface area contributed by atoms with Crippen LogP contribution in [0.25, 0.3) is 11.0 Å². The quantitative estimate of drug-likeness (QED) is 0.711. The van der Waals surface area contributed by atoms with Crippen LogP contribution in [0.5, 0.6) is 0 Å². The smallest absolute Gasteiger partial charge is 0.317 e. The summed E-state index contributed by atoms with van der Waals surface area (Å²) in [5.74, 6) is 1.17. The number of carbonyl (C=O) groups is 1. The minimum Gasteiger partial charge on any atom is -0.393 e. The standard InChI is InChI=1S/C18H26N4O2/c1-22(12-13-6-4-9-16(13)23)18(24)19-11-5-10-17-20-14-7-2-3-8-15(14)21-17/h2-3,7-8,13,16,23H,4-6,9-12H2,1H3,(H,19,24)(H,20,21)/t13-,16+/m1/s1. The number of aryl methyl sites for hydroxylation is 1. The first-order chi connectivity index (χ1) is 11.6. The molecule has 3 rings (SSSR count). The molecule has 0 bridgehead atoms. The third kappa shape index (κ3) is 4.06. The number of aromatic amines is 1. The predicted molar refractivity (Wildman–Crippen MR) is 93.8 cm³/mol. The number of fused-ring (bicyclic) bond motifs is 1. The van der Waals surface area contributed by atoms with Gasteiger partial charge in [0.25, 0.3) is 0 Å². The van der Waals surface area contributed by atoms with E-state index in [4.69, 9.17) is 0 Å². The summed E-state index contributed by atoms with van der Waals surface area (Å²) in [4.78, 5) is 21.6. The monoisotopic (exact) mass is 330 g/mol. The zero-order chi connectivity index (χ0) is 16.9. The van der Waals surface area contributed by atoms with E-state index in [0.717, 1.165) is 49.0 Å². The number of H-pyrrole nitrogens is 1. The number of aliphatic hydroxyl groups is 1. The van der Waals surface area contributed by atoms with Crippen molar-refractivity contribution in [2.45, 2.75) is 38.2 Å². The first-order valence-electron chi connectivity index (χ1n) is 8.74. The highest BCUT2D eigenvalue weighted by atomic mass is 16.3. The summed E-state index contributed by atoms with van der Waals surface area (Å²) in [7, 11) is 1.79. The molecule has 0 spiro atoms. The number of nitrogens with one attached hydrogen (secondary N) is 2. The molecule has 130 valence electrons. The van der Waals surface area contributed by atoms with Gasteiger partial charge in [-0.15, -0.1) is 0 Å². The van der Waals surface area contributed by atoms with Crippen molar-refractivity contribution in [2.24, 2.45) is 5.92 Å². The van der Waals surface area contributed by atoms with Crippen molar-refractivity contribution in [1.82, 2.24) is 20.2 Å². The maximum absolute atomic E-state index is 12.1. The summed E-state index contributed by atoms with van der Waals surface area (Å²) >= 11 is 0. The van der Waals surface area contributed by atoms with E-state index in [1.807, 2.05) is 24.3 Å². The van der Waals surface area contributed by atoms with Gasteiger partial charge < -0.3 is 20.3 Å². The van der Waals surface area contributed by atoms with Crippen LogP contribution in [0.4, 0.5) is 4.79 Å². The van der Waals surface area contributed by atoms with Crippen molar-refractivity contribution < 1.29 is 9.90 Å². The average Bonchev–Trinajstić information content (AvgIpc) is 3.17. The van der Waals surface area contributed by atoms with E-state index in [2.05, 4.69) is 15.3 Å². The van der Waals surface area contributed by atoms with Crippen LogP contribution < -0.4 is 5.32 Å². The van der Waals surface area contributed by atoms with Crippen molar-refractivity contribution in [3.63, 3.8) is 0 Å². The average molecular weight is 330 g/mol. The number of hydrogen-bond donors (Lipinski definition) is 3. The van der Waals surface area contributed by atoms with Crippen LogP contribution in [0.2, 0.25) is 0 Å². The lowest BCUT2D eigenvalue weighted by Gasteiger charge is -2.23. The summed E-state index contributed by atoms with van der Waals surface area (Å²) in [5.41, 5.74) is 2.03. The molecule has 6 nitrogen and oxygen atoms in total. The largest absolute Gasteiger partial charge is 0.393 e. The Morgan fingerprint density at radius 1 is 1.42 bits per heavy atom. The molecule has 1 heterocycles. The number of aromatic nitrogens is 2. The van der Waals surface area contributed by atoms with Crippen LogP contribution in [0.1, 0.15) is 31.5 Å². The number of urea groups is 1. The van der Waals surface area contributed by atoms with Crippen LogP contribution >= 0.6 is 0 Å². The maximum Gasteiger partial charge on any atom is 0.317 e. The second kappa shape index (κ2) is 7.66. The molecular formula is C18H26N4O2. The van der Waals surface area contributed by atoms with Gasteiger partial charge in [0.2, 0.25) is 0 Å². The molecule has 24 heavy (non-hydrogen) atoms.